The Labute approximate surface area is 212 Å². The second-order valence-electron chi connectivity index (χ2n) is 9.84. The lowest BCUT2D eigenvalue weighted by atomic mass is 10.1. The molecule has 12 heteroatoms. The van der Waals surface area contributed by atoms with Crippen LogP contribution < -0.4 is 11.0 Å². The van der Waals surface area contributed by atoms with Crippen molar-refractivity contribution in [3.05, 3.63) is 34.2 Å². The number of amides is 3. The third-order valence-corrected chi connectivity index (χ3v) is 5.51. The highest BCUT2D eigenvalue weighted by Gasteiger charge is 2.34. The normalized spacial score (nSPS) is 16.2. The highest BCUT2D eigenvalue weighted by molar-refractivity contribution is 6.00. The summed E-state index contributed by atoms with van der Waals surface area (Å²) in [6.45, 7) is 2.76. The van der Waals surface area contributed by atoms with Gasteiger partial charge in [-0.3, -0.25) is 24.0 Å². The number of hydrogen-bond donors (Lipinski definition) is 1. The number of aromatic nitrogens is 2. The van der Waals surface area contributed by atoms with E-state index in [0.29, 0.717) is 16.6 Å². The number of nitrogens with zero attached hydrogens (tertiary/aromatic N) is 3. The Hall–Kier alpha value is -3.72. The maximum absolute atomic E-state index is 14.2. The van der Waals surface area contributed by atoms with Crippen LogP contribution >= 0.6 is 0 Å². The van der Waals surface area contributed by atoms with Gasteiger partial charge < -0.3 is 14.4 Å². The Balaban J connectivity index is 1.68. The predicted molar refractivity (Wildman–Crippen MR) is 130 cm³/mol. The Morgan fingerprint density at radius 2 is 1.95 bits per heavy atom. The standard InChI is InChI=1S/C25H30F2N4O6/c1-24(2,3)37-23(35)29(4)14-25(26,27)15-36-13-7-9-16-8-6-10-17-20(16)30(5)22(34)31(17)18-11-12-19(32)28-21(18)33/h6,8,10,18H,11-15H2,1-5H3,(H,28,32,33). The molecule has 0 aliphatic carbocycles. The number of carbonyl (C=O) groups excluding carboxylic acids is 3. The second kappa shape index (κ2) is 10.7. The van der Waals surface area contributed by atoms with Gasteiger partial charge in [-0.05, 0) is 39.3 Å². The first-order valence-corrected chi connectivity index (χ1v) is 11.6. The summed E-state index contributed by atoms with van der Waals surface area (Å²) in [5, 5.41) is 2.25. The van der Waals surface area contributed by atoms with E-state index in [9.17, 15) is 28.0 Å². The molecule has 1 aliphatic heterocycles. The molecule has 0 spiro atoms. The fraction of sp³-hybridized carbons (Fsp3) is 0.520. The summed E-state index contributed by atoms with van der Waals surface area (Å²) in [6, 6.07) is 4.16. The fourth-order valence-corrected chi connectivity index (χ4v) is 3.95. The van der Waals surface area contributed by atoms with E-state index in [-0.39, 0.29) is 25.4 Å². The van der Waals surface area contributed by atoms with E-state index in [4.69, 9.17) is 9.47 Å². The molecule has 3 rings (SSSR count). The van der Waals surface area contributed by atoms with Crippen molar-refractivity contribution in [2.24, 2.45) is 7.05 Å². The van der Waals surface area contributed by atoms with Crippen LogP contribution in [0.5, 0.6) is 0 Å². The summed E-state index contributed by atoms with van der Waals surface area (Å²) in [6.07, 6.45) is -0.547. The van der Waals surface area contributed by atoms with E-state index in [1.54, 1.807) is 39.0 Å². The average molecular weight is 521 g/mol. The quantitative estimate of drug-likeness (QED) is 0.355. The van der Waals surface area contributed by atoms with Crippen LogP contribution in [-0.2, 0) is 26.1 Å². The van der Waals surface area contributed by atoms with Gasteiger partial charge in [-0.25, -0.2) is 18.4 Å². The third kappa shape index (κ3) is 6.74. The van der Waals surface area contributed by atoms with Crippen LogP contribution in [0.25, 0.3) is 11.0 Å². The van der Waals surface area contributed by atoms with Crippen LogP contribution in [-0.4, -0.2) is 70.3 Å². The first kappa shape index (κ1) is 27.9. The van der Waals surface area contributed by atoms with Gasteiger partial charge in [0.1, 0.15) is 24.9 Å². The van der Waals surface area contributed by atoms with Crippen LogP contribution in [0.3, 0.4) is 0 Å². The number of imidazole rings is 1. The number of fused-ring (bicyclic) bond motifs is 1. The summed E-state index contributed by atoms with van der Waals surface area (Å²) in [5.41, 5.74) is 0.134. The molecule has 2 heterocycles. The molecule has 2 aromatic rings. The molecule has 1 N–H and O–H groups in total. The zero-order chi connectivity index (χ0) is 27.5. The van der Waals surface area contributed by atoms with Crippen LogP contribution in [0.4, 0.5) is 13.6 Å². The fourth-order valence-electron chi connectivity index (χ4n) is 3.95. The van der Waals surface area contributed by atoms with Gasteiger partial charge in [0.05, 0.1) is 23.1 Å². The van der Waals surface area contributed by atoms with Crippen molar-refractivity contribution >= 4 is 28.9 Å². The second-order valence-corrected chi connectivity index (χ2v) is 9.84. The van der Waals surface area contributed by atoms with Crippen molar-refractivity contribution in [1.29, 1.82) is 0 Å². The number of benzene rings is 1. The summed E-state index contributed by atoms with van der Waals surface area (Å²) < 4.78 is 41.3. The summed E-state index contributed by atoms with van der Waals surface area (Å²) in [7, 11) is 2.75. The number of carbonyl (C=O) groups is 3. The lowest BCUT2D eigenvalue weighted by Crippen LogP contribution is -2.44. The minimum atomic E-state index is -3.32. The Bertz CT molecular complexity index is 1330. The number of halogens is 2. The molecule has 1 fully saturated rings. The zero-order valence-electron chi connectivity index (χ0n) is 21.4. The smallest absolute Gasteiger partial charge is 0.410 e. The van der Waals surface area contributed by atoms with Crippen LogP contribution in [0, 0.1) is 11.8 Å². The van der Waals surface area contributed by atoms with Crippen LogP contribution in [0.1, 0.15) is 45.2 Å². The number of ether oxygens (including phenoxy) is 2. The molecule has 10 nitrogen and oxygen atoms in total. The van der Waals surface area contributed by atoms with Gasteiger partial charge in [-0.2, -0.15) is 0 Å². The Morgan fingerprint density at radius 1 is 1.24 bits per heavy atom. The molecule has 37 heavy (non-hydrogen) atoms. The summed E-state index contributed by atoms with van der Waals surface area (Å²) in [5.74, 6) is 1.24. The number of imide groups is 1. The van der Waals surface area contributed by atoms with Crippen molar-refractivity contribution in [2.45, 2.75) is 51.2 Å². The third-order valence-electron chi connectivity index (χ3n) is 5.51. The van der Waals surface area contributed by atoms with Gasteiger partial charge in [0.2, 0.25) is 11.8 Å². The molecule has 0 bridgehead atoms. The van der Waals surface area contributed by atoms with Gasteiger partial charge >= 0.3 is 11.8 Å². The predicted octanol–water partition coefficient (Wildman–Crippen LogP) is 2.19. The average Bonchev–Trinajstić information content (AvgIpc) is 3.03. The molecule has 1 unspecified atom stereocenters. The first-order chi connectivity index (χ1) is 17.2. The molecule has 1 aromatic carbocycles. The van der Waals surface area contributed by atoms with Gasteiger partial charge in [-0.1, -0.05) is 17.9 Å². The largest absolute Gasteiger partial charge is 0.444 e. The highest BCUT2D eigenvalue weighted by Crippen LogP contribution is 2.24. The van der Waals surface area contributed by atoms with Crippen LogP contribution in [0.2, 0.25) is 0 Å². The number of alkyl halides is 2. The molecular formula is C25H30F2N4O6. The van der Waals surface area contributed by atoms with Gasteiger partial charge in [0.25, 0.3) is 5.92 Å². The Kier molecular flexibility index (Phi) is 8.07. The topological polar surface area (TPSA) is 112 Å². The van der Waals surface area contributed by atoms with E-state index >= 15 is 0 Å². The number of aryl methyl sites for hydroxylation is 1. The molecular weight excluding hydrogens is 490 g/mol. The minimum Gasteiger partial charge on any atom is -0.444 e. The molecule has 0 radical (unpaired) electrons. The molecule has 1 aliphatic rings. The zero-order valence-corrected chi connectivity index (χ0v) is 21.4. The summed E-state index contributed by atoms with van der Waals surface area (Å²) in [4.78, 5) is 49.5. The van der Waals surface area contributed by atoms with E-state index in [1.165, 1.54) is 23.2 Å². The van der Waals surface area contributed by atoms with Crippen LogP contribution in [0.15, 0.2) is 23.0 Å². The molecule has 0 saturated carbocycles. The SMILES string of the molecule is CN(CC(F)(F)COCC#Cc1cccc2c1n(C)c(=O)n2C1CCC(=O)NC1=O)C(=O)OC(C)(C)C. The van der Waals surface area contributed by atoms with Crippen molar-refractivity contribution < 1.29 is 32.6 Å². The number of rotatable bonds is 6. The van der Waals surface area contributed by atoms with E-state index in [0.717, 1.165) is 4.90 Å². The van der Waals surface area contributed by atoms with Gasteiger partial charge in [0, 0.05) is 20.5 Å². The van der Waals surface area contributed by atoms with Gasteiger partial charge in [-0.15, -0.1) is 0 Å². The number of piperidine rings is 1. The van der Waals surface area contributed by atoms with E-state index in [1.807, 2.05) is 0 Å². The number of nitrogens with one attached hydrogen (secondary N) is 1. The number of hydrogen-bond acceptors (Lipinski definition) is 6. The monoisotopic (exact) mass is 520 g/mol. The lowest BCUT2D eigenvalue weighted by molar-refractivity contribution is -0.135. The van der Waals surface area contributed by atoms with E-state index in [2.05, 4.69) is 17.2 Å². The minimum absolute atomic E-state index is 0.119. The summed E-state index contributed by atoms with van der Waals surface area (Å²) >= 11 is 0. The molecule has 200 valence electrons. The molecule has 1 aromatic heterocycles. The molecule has 1 saturated heterocycles. The number of para-hydroxylation sites is 1. The van der Waals surface area contributed by atoms with Crippen molar-refractivity contribution in [2.75, 3.05) is 26.8 Å². The lowest BCUT2D eigenvalue weighted by Gasteiger charge is -2.27. The Morgan fingerprint density at radius 3 is 2.59 bits per heavy atom. The van der Waals surface area contributed by atoms with Crippen molar-refractivity contribution in [1.82, 2.24) is 19.4 Å². The van der Waals surface area contributed by atoms with Crippen molar-refractivity contribution in [3.63, 3.8) is 0 Å². The molecule has 1 atom stereocenters. The molecule has 3 amide bonds. The highest BCUT2D eigenvalue weighted by atomic mass is 19.3. The van der Waals surface area contributed by atoms with Gasteiger partial charge in [0.15, 0.2) is 0 Å². The van der Waals surface area contributed by atoms with E-state index < -0.39 is 48.4 Å². The first-order valence-electron chi connectivity index (χ1n) is 11.6. The van der Waals surface area contributed by atoms with Crippen molar-refractivity contribution in [3.8, 4) is 11.8 Å². The maximum Gasteiger partial charge on any atom is 0.410 e. The maximum atomic E-state index is 14.2.